The summed E-state index contributed by atoms with van der Waals surface area (Å²) in [4.78, 5) is 0. The zero-order valence-electron chi connectivity index (χ0n) is 15.5. The highest BCUT2D eigenvalue weighted by molar-refractivity contribution is 5.33. The van der Waals surface area contributed by atoms with Crippen LogP contribution in [0.1, 0.15) is 88.7 Å². The van der Waals surface area contributed by atoms with Gasteiger partial charge in [-0.15, -0.1) is 0 Å². The van der Waals surface area contributed by atoms with Gasteiger partial charge in [0.05, 0.1) is 11.6 Å². The molecule has 3 rings (SSSR count). The van der Waals surface area contributed by atoms with Gasteiger partial charge in [-0.3, -0.25) is 0 Å². The van der Waals surface area contributed by atoms with E-state index in [9.17, 15) is 0 Å². The topological polar surface area (TPSA) is 23.8 Å². The minimum atomic E-state index is 0.699. The highest BCUT2D eigenvalue weighted by atomic mass is 14.4. The molecule has 130 valence electrons. The number of hydrogen-bond donors (Lipinski definition) is 0. The molecule has 1 aromatic rings. The minimum Gasteiger partial charge on any atom is -0.192 e. The molecule has 0 amide bonds. The molecular weight excluding hydrogens is 290 g/mol. The van der Waals surface area contributed by atoms with Crippen LogP contribution in [-0.2, 0) is 0 Å². The zero-order valence-corrected chi connectivity index (χ0v) is 15.5. The molecule has 1 aromatic carbocycles. The summed E-state index contributed by atoms with van der Waals surface area (Å²) in [6, 6.07) is 10.6. The van der Waals surface area contributed by atoms with Crippen LogP contribution < -0.4 is 0 Å². The van der Waals surface area contributed by atoms with Crippen molar-refractivity contribution in [1.29, 1.82) is 5.26 Å². The van der Waals surface area contributed by atoms with Gasteiger partial charge in [0.15, 0.2) is 0 Å². The maximum absolute atomic E-state index is 8.97. The van der Waals surface area contributed by atoms with Crippen molar-refractivity contribution in [2.45, 2.75) is 77.6 Å². The predicted molar refractivity (Wildman–Crippen MR) is 101 cm³/mol. The van der Waals surface area contributed by atoms with E-state index < -0.39 is 0 Å². The van der Waals surface area contributed by atoms with Gasteiger partial charge in [0.1, 0.15) is 0 Å². The van der Waals surface area contributed by atoms with Gasteiger partial charge < -0.3 is 0 Å². The number of nitrogens with zero attached hydrogens (tertiary/aromatic N) is 1. The fraction of sp³-hybridized carbons (Fsp3) is 0.696. The van der Waals surface area contributed by atoms with E-state index in [4.69, 9.17) is 5.26 Å². The van der Waals surface area contributed by atoms with Crippen molar-refractivity contribution in [3.05, 3.63) is 35.4 Å². The van der Waals surface area contributed by atoms with E-state index in [1.807, 2.05) is 12.1 Å². The second-order valence-corrected chi connectivity index (χ2v) is 8.46. The van der Waals surface area contributed by atoms with Crippen LogP contribution in [-0.4, -0.2) is 0 Å². The molecule has 0 aliphatic heterocycles. The summed E-state index contributed by atoms with van der Waals surface area (Å²) < 4.78 is 0. The Bertz CT molecular complexity index is 544. The van der Waals surface area contributed by atoms with Crippen molar-refractivity contribution < 1.29 is 0 Å². The lowest BCUT2D eigenvalue weighted by molar-refractivity contribution is 0.130. The van der Waals surface area contributed by atoms with Crippen LogP contribution in [0.15, 0.2) is 24.3 Å². The molecule has 2 saturated carbocycles. The Kier molecular flexibility index (Phi) is 5.99. The molecule has 3 unspecified atom stereocenters. The van der Waals surface area contributed by atoms with Gasteiger partial charge in [-0.1, -0.05) is 51.7 Å². The smallest absolute Gasteiger partial charge is 0.0991 e. The van der Waals surface area contributed by atoms with Gasteiger partial charge in [-0.05, 0) is 79.4 Å². The maximum atomic E-state index is 8.97. The summed E-state index contributed by atoms with van der Waals surface area (Å²) in [5, 5.41) is 8.97. The summed E-state index contributed by atoms with van der Waals surface area (Å²) in [6.07, 6.45) is 12.9. The second kappa shape index (κ2) is 8.19. The molecule has 0 bridgehead atoms. The summed E-state index contributed by atoms with van der Waals surface area (Å²) in [5.74, 6) is 4.48. The van der Waals surface area contributed by atoms with E-state index in [0.717, 1.165) is 29.2 Å². The molecule has 2 aliphatic carbocycles. The van der Waals surface area contributed by atoms with Crippen LogP contribution in [0.3, 0.4) is 0 Å². The number of hydrogen-bond acceptors (Lipinski definition) is 1. The van der Waals surface area contributed by atoms with Crippen LogP contribution in [0.25, 0.3) is 0 Å². The number of benzene rings is 1. The normalized spacial score (nSPS) is 33.8. The first kappa shape index (κ1) is 17.5. The summed E-state index contributed by atoms with van der Waals surface area (Å²) in [5.41, 5.74) is 2.23. The molecule has 0 heterocycles. The lowest BCUT2D eigenvalue weighted by atomic mass is 9.65. The molecule has 0 radical (unpaired) electrons. The average Bonchev–Trinajstić information content (AvgIpc) is 2.63. The zero-order chi connectivity index (χ0) is 16.9. The van der Waals surface area contributed by atoms with Crippen LogP contribution in [0.2, 0.25) is 0 Å². The van der Waals surface area contributed by atoms with Crippen molar-refractivity contribution >= 4 is 0 Å². The number of nitriles is 1. The van der Waals surface area contributed by atoms with Crippen molar-refractivity contribution in [2.24, 2.45) is 23.7 Å². The maximum Gasteiger partial charge on any atom is 0.0991 e. The van der Waals surface area contributed by atoms with E-state index in [1.54, 1.807) is 0 Å². The fourth-order valence-electron chi connectivity index (χ4n) is 5.52. The second-order valence-electron chi connectivity index (χ2n) is 8.46. The van der Waals surface area contributed by atoms with E-state index in [2.05, 4.69) is 32.0 Å². The third-order valence-electron chi connectivity index (χ3n) is 6.93. The third kappa shape index (κ3) is 4.02. The van der Waals surface area contributed by atoms with Gasteiger partial charge in [0, 0.05) is 0 Å². The highest BCUT2D eigenvalue weighted by Gasteiger charge is 2.34. The molecule has 1 heteroatoms. The van der Waals surface area contributed by atoms with Gasteiger partial charge in [0.2, 0.25) is 0 Å². The molecule has 1 nitrogen and oxygen atoms in total. The van der Waals surface area contributed by atoms with Crippen molar-refractivity contribution in [2.75, 3.05) is 0 Å². The quantitative estimate of drug-likeness (QED) is 0.606. The first-order valence-electron chi connectivity index (χ1n) is 10.2. The van der Waals surface area contributed by atoms with E-state index in [1.165, 1.54) is 63.4 Å². The highest BCUT2D eigenvalue weighted by Crippen LogP contribution is 2.46. The summed E-state index contributed by atoms with van der Waals surface area (Å²) in [6.45, 7) is 4.79. The number of rotatable bonds is 4. The molecule has 0 saturated heterocycles. The van der Waals surface area contributed by atoms with Crippen LogP contribution in [0.4, 0.5) is 0 Å². The van der Waals surface area contributed by atoms with Crippen LogP contribution in [0.5, 0.6) is 0 Å². The van der Waals surface area contributed by atoms with Gasteiger partial charge in [0.25, 0.3) is 0 Å². The Balaban J connectivity index is 1.54. The van der Waals surface area contributed by atoms with Crippen LogP contribution in [0, 0.1) is 35.0 Å². The van der Waals surface area contributed by atoms with Gasteiger partial charge >= 0.3 is 0 Å². The van der Waals surface area contributed by atoms with Crippen molar-refractivity contribution in [3.63, 3.8) is 0 Å². The SMILES string of the molecule is CCC[C@H]1CC[C@H](C2CCC(c3ccc(C#N)cc3)C(C)C2)CC1. The summed E-state index contributed by atoms with van der Waals surface area (Å²) >= 11 is 0. The molecule has 24 heavy (non-hydrogen) atoms. The molecular formula is C23H33N. The Morgan fingerprint density at radius 3 is 2.21 bits per heavy atom. The minimum absolute atomic E-state index is 0.699. The first-order chi connectivity index (χ1) is 11.7. The largest absolute Gasteiger partial charge is 0.192 e. The predicted octanol–water partition coefficient (Wildman–Crippen LogP) is 6.68. The van der Waals surface area contributed by atoms with Crippen molar-refractivity contribution in [1.82, 2.24) is 0 Å². The van der Waals surface area contributed by atoms with E-state index >= 15 is 0 Å². The fourth-order valence-corrected chi connectivity index (χ4v) is 5.52. The van der Waals surface area contributed by atoms with E-state index in [0.29, 0.717) is 5.92 Å². The molecule has 0 spiro atoms. The lowest BCUT2D eigenvalue weighted by Gasteiger charge is -2.41. The average molecular weight is 324 g/mol. The third-order valence-corrected chi connectivity index (χ3v) is 6.93. The summed E-state index contributed by atoms with van der Waals surface area (Å²) in [7, 11) is 0. The van der Waals surface area contributed by atoms with E-state index in [-0.39, 0.29) is 0 Å². The van der Waals surface area contributed by atoms with Crippen LogP contribution >= 0.6 is 0 Å². The Morgan fingerprint density at radius 2 is 1.62 bits per heavy atom. The first-order valence-corrected chi connectivity index (χ1v) is 10.2. The Morgan fingerprint density at radius 1 is 0.958 bits per heavy atom. The molecule has 2 aliphatic rings. The lowest BCUT2D eigenvalue weighted by Crippen LogP contribution is -2.29. The Labute approximate surface area is 148 Å². The molecule has 0 N–H and O–H groups in total. The molecule has 0 aromatic heterocycles. The van der Waals surface area contributed by atoms with Crippen molar-refractivity contribution in [3.8, 4) is 6.07 Å². The van der Waals surface area contributed by atoms with Gasteiger partial charge in [-0.2, -0.15) is 5.26 Å². The van der Waals surface area contributed by atoms with Gasteiger partial charge in [-0.25, -0.2) is 0 Å². The molecule has 2 fully saturated rings. The Hall–Kier alpha value is -1.29. The molecule has 3 atom stereocenters. The monoisotopic (exact) mass is 323 g/mol. The standard InChI is InChI=1S/C23H33N/c1-3-4-18-5-9-20(10-6-18)22-13-14-23(17(2)15-22)21-11-7-19(16-24)8-12-21/h7-8,11-12,17-18,20,22-23H,3-6,9-10,13-15H2,1-2H3/t17?,18-,20-,22?,23?.